The quantitative estimate of drug-likeness (QED) is 0.140. The third kappa shape index (κ3) is 4.63. The molecule has 0 bridgehead atoms. The van der Waals surface area contributed by atoms with Crippen molar-refractivity contribution in [2.45, 2.75) is 13.8 Å². The smallest absolute Gasteiger partial charge is 0.200 e. The van der Waals surface area contributed by atoms with Gasteiger partial charge in [0.15, 0.2) is 25.2 Å². The van der Waals surface area contributed by atoms with E-state index in [1.165, 1.54) is 64.7 Å². The molecule has 0 aliphatic carbocycles. The molecule has 0 amide bonds. The second-order valence-corrected chi connectivity index (χ2v) is 8.99. The lowest BCUT2D eigenvalue weighted by atomic mass is 9.88. The molecule has 5 rings (SSSR count). The first kappa shape index (κ1) is 26.8. The summed E-state index contributed by atoms with van der Waals surface area (Å²) in [6.45, 7) is 2.55. The highest BCUT2D eigenvalue weighted by molar-refractivity contribution is 6.17. The highest BCUT2D eigenvalue weighted by Crippen LogP contribution is 2.35. The Bertz CT molecular complexity index is 1930. The van der Waals surface area contributed by atoms with Crippen LogP contribution >= 0.6 is 0 Å². The molecule has 0 fully saturated rings. The maximum atomic E-state index is 13.7. The van der Waals surface area contributed by atoms with Crippen molar-refractivity contribution in [1.29, 1.82) is 0 Å². The molecule has 0 spiro atoms. The third-order valence-electron chi connectivity index (χ3n) is 6.37. The van der Waals surface area contributed by atoms with Gasteiger partial charge >= 0.3 is 0 Å². The maximum absolute atomic E-state index is 13.7. The van der Waals surface area contributed by atoms with E-state index in [1.54, 1.807) is 12.1 Å². The standard InChI is InChI=1S/C30H24O10/c1-15(31)21-11-22-28(33)20-8-6-18(39-14-36-4)10-25(20)40-30(22)26(16(2)32)27(21)23-12-37-24-9-17(38-13-35-3)5-7-19(24)29(23)34/h5-12H,13-14H2,1-4H3. The lowest BCUT2D eigenvalue weighted by Gasteiger charge is -2.15. The Hall–Kier alpha value is -4.80. The first-order valence-corrected chi connectivity index (χ1v) is 12.1. The maximum Gasteiger partial charge on any atom is 0.200 e. The van der Waals surface area contributed by atoms with Crippen LogP contribution in [0.25, 0.3) is 44.0 Å². The summed E-state index contributed by atoms with van der Waals surface area (Å²) in [6.07, 6.45) is 1.18. The molecule has 0 aliphatic rings. The number of ether oxygens (including phenoxy) is 4. The van der Waals surface area contributed by atoms with Gasteiger partial charge in [-0.2, -0.15) is 0 Å². The van der Waals surface area contributed by atoms with Crippen LogP contribution < -0.4 is 20.3 Å². The topological polar surface area (TPSA) is 131 Å². The molecule has 0 radical (unpaired) electrons. The molecule has 0 saturated heterocycles. The molecule has 204 valence electrons. The Morgan fingerprint density at radius 2 is 1.35 bits per heavy atom. The van der Waals surface area contributed by atoms with E-state index in [9.17, 15) is 19.2 Å². The average Bonchev–Trinajstić information content (AvgIpc) is 2.94. The number of benzene rings is 3. The van der Waals surface area contributed by atoms with Gasteiger partial charge in [-0.15, -0.1) is 0 Å². The van der Waals surface area contributed by atoms with E-state index in [-0.39, 0.29) is 68.7 Å². The lowest BCUT2D eigenvalue weighted by molar-refractivity contribution is 0.0510. The van der Waals surface area contributed by atoms with Crippen molar-refractivity contribution in [2.24, 2.45) is 0 Å². The molecule has 5 aromatic rings. The van der Waals surface area contributed by atoms with Crippen LogP contribution in [-0.4, -0.2) is 39.4 Å². The predicted molar refractivity (Wildman–Crippen MR) is 146 cm³/mol. The van der Waals surface area contributed by atoms with Crippen molar-refractivity contribution in [2.75, 3.05) is 27.8 Å². The highest BCUT2D eigenvalue weighted by Gasteiger charge is 2.27. The molecule has 0 atom stereocenters. The summed E-state index contributed by atoms with van der Waals surface area (Å²) >= 11 is 0. The van der Waals surface area contributed by atoms with Crippen molar-refractivity contribution in [1.82, 2.24) is 0 Å². The zero-order chi connectivity index (χ0) is 28.6. The van der Waals surface area contributed by atoms with Crippen molar-refractivity contribution in [3.8, 4) is 22.6 Å². The number of Topliss-reactive ketones (excluding diaryl/α,β-unsaturated/α-hetero) is 2. The molecule has 40 heavy (non-hydrogen) atoms. The minimum absolute atomic E-state index is 0.00867. The van der Waals surface area contributed by atoms with E-state index < -0.39 is 22.4 Å². The van der Waals surface area contributed by atoms with Crippen molar-refractivity contribution in [3.63, 3.8) is 0 Å². The normalized spacial score (nSPS) is 11.3. The number of carbonyl (C=O) groups excluding carboxylic acids is 2. The average molecular weight is 545 g/mol. The van der Waals surface area contributed by atoms with Gasteiger partial charge in [0.25, 0.3) is 0 Å². The van der Waals surface area contributed by atoms with Crippen LogP contribution in [0.3, 0.4) is 0 Å². The van der Waals surface area contributed by atoms with E-state index >= 15 is 0 Å². The molecule has 0 N–H and O–H groups in total. The predicted octanol–water partition coefficient (Wildman–Crippen LogP) is 5.09. The van der Waals surface area contributed by atoms with E-state index in [0.29, 0.717) is 11.5 Å². The second kappa shape index (κ2) is 10.8. The van der Waals surface area contributed by atoms with E-state index in [0.717, 1.165) is 0 Å². The summed E-state index contributed by atoms with van der Waals surface area (Å²) < 4.78 is 32.6. The summed E-state index contributed by atoms with van der Waals surface area (Å²) in [5.41, 5.74) is -0.679. The van der Waals surface area contributed by atoms with Gasteiger partial charge in [-0.05, 0) is 44.2 Å². The zero-order valence-electron chi connectivity index (χ0n) is 22.1. The van der Waals surface area contributed by atoms with Crippen molar-refractivity contribution in [3.05, 3.63) is 80.3 Å². The Morgan fingerprint density at radius 1 is 0.750 bits per heavy atom. The number of rotatable bonds is 9. The third-order valence-corrected chi connectivity index (χ3v) is 6.37. The van der Waals surface area contributed by atoms with Crippen LogP contribution in [0.4, 0.5) is 0 Å². The van der Waals surface area contributed by atoms with Gasteiger partial charge in [0.1, 0.15) is 34.5 Å². The van der Waals surface area contributed by atoms with E-state index in [2.05, 4.69) is 0 Å². The number of methoxy groups -OCH3 is 2. The molecule has 10 heteroatoms. The van der Waals surface area contributed by atoms with E-state index in [4.69, 9.17) is 27.8 Å². The minimum Gasteiger partial charge on any atom is -0.467 e. The fourth-order valence-electron chi connectivity index (χ4n) is 4.58. The van der Waals surface area contributed by atoms with Gasteiger partial charge in [-0.3, -0.25) is 19.2 Å². The van der Waals surface area contributed by atoms with Gasteiger partial charge in [-0.25, -0.2) is 0 Å². The Kier molecular flexibility index (Phi) is 7.20. The highest BCUT2D eigenvalue weighted by atomic mass is 16.7. The van der Waals surface area contributed by atoms with Crippen LogP contribution in [0.15, 0.2) is 67.2 Å². The SMILES string of the molecule is COCOc1ccc2c(=O)c(-c3c(C(C)=O)cc4c(=O)c5ccc(OCOC)cc5oc4c3C(C)=O)coc2c1. The number of ketones is 2. The Morgan fingerprint density at radius 3 is 1.93 bits per heavy atom. The lowest BCUT2D eigenvalue weighted by Crippen LogP contribution is -2.14. The summed E-state index contributed by atoms with van der Waals surface area (Å²) in [4.78, 5) is 53.2. The minimum atomic E-state index is -0.514. The van der Waals surface area contributed by atoms with Gasteiger partial charge in [-0.1, -0.05) is 0 Å². The summed E-state index contributed by atoms with van der Waals surface area (Å²) in [5.74, 6) is -0.164. The fourth-order valence-corrected chi connectivity index (χ4v) is 4.58. The molecule has 3 aromatic carbocycles. The van der Waals surface area contributed by atoms with Gasteiger partial charge in [0.05, 0.1) is 27.3 Å². The largest absolute Gasteiger partial charge is 0.467 e. The van der Waals surface area contributed by atoms with Crippen LogP contribution in [0, 0.1) is 0 Å². The van der Waals surface area contributed by atoms with Crippen molar-refractivity contribution >= 4 is 44.5 Å². The molecule has 2 aromatic heterocycles. The van der Waals surface area contributed by atoms with Gasteiger partial charge in [0, 0.05) is 37.5 Å². The fraction of sp³-hybridized carbons (Fsp3) is 0.200. The molecule has 2 heterocycles. The number of hydrogen-bond acceptors (Lipinski definition) is 10. The van der Waals surface area contributed by atoms with Gasteiger partial charge in [0.2, 0.25) is 10.9 Å². The summed E-state index contributed by atoms with van der Waals surface area (Å²) in [5, 5.41) is 0.458. The van der Waals surface area contributed by atoms with Crippen LogP contribution in [0.1, 0.15) is 34.6 Å². The number of hydrogen-bond donors (Lipinski definition) is 0. The molecule has 0 aliphatic heterocycles. The van der Waals surface area contributed by atoms with Crippen LogP contribution in [-0.2, 0) is 9.47 Å². The number of carbonyl (C=O) groups is 2. The monoisotopic (exact) mass is 544 g/mol. The molecular formula is C30H24O10. The van der Waals surface area contributed by atoms with Crippen LogP contribution in [0.5, 0.6) is 11.5 Å². The van der Waals surface area contributed by atoms with Gasteiger partial charge < -0.3 is 27.8 Å². The summed E-state index contributed by atoms with van der Waals surface area (Å²) in [7, 11) is 2.95. The Balaban J connectivity index is 1.83. The molecule has 0 saturated carbocycles. The summed E-state index contributed by atoms with van der Waals surface area (Å²) in [6, 6.07) is 10.6. The first-order valence-electron chi connectivity index (χ1n) is 12.1. The van der Waals surface area contributed by atoms with E-state index in [1.807, 2.05) is 0 Å². The number of fused-ring (bicyclic) bond motifs is 3. The first-order chi connectivity index (χ1) is 19.2. The molecule has 10 nitrogen and oxygen atoms in total. The van der Waals surface area contributed by atoms with Crippen molar-refractivity contribution < 1.29 is 37.4 Å². The second-order valence-electron chi connectivity index (χ2n) is 8.99. The molecular weight excluding hydrogens is 520 g/mol. The van der Waals surface area contributed by atoms with Crippen LogP contribution in [0.2, 0.25) is 0 Å². The zero-order valence-corrected chi connectivity index (χ0v) is 22.1. The molecule has 0 unspecified atom stereocenters. The Labute approximate surface area is 226 Å².